The van der Waals surface area contributed by atoms with Gasteiger partial charge in [-0.25, -0.2) is 0 Å². The molecule has 25 heavy (non-hydrogen) atoms. The molecule has 6 nitrogen and oxygen atoms in total. The second-order valence-corrected chi connectivity index (χ2v) is 6.91. The van der Waals surface area contributed by atoms with Crippen LogP contribution in [0.5, 0.6) is 0 Å². The molecule has 2 saturated heterocycles. The molecule has 0 bridgehead atoms. The Kier molecular flexibility index (Phi) is 5.11. The zero-order valence-electron chi connectivity index (χ0n) is 14.3. The average molecular weight is 363 g/mol. The topological polar surface area (TPSA) is 71.3 Å². The Balaban J connectivity index is 0.00000182. The van der Waals surface area contributed by atoms with Gasteiger partial charge in [0.1, 0.15) is 0 Å². The lowest BCUT2D eigenvalue weighted by atomic mass is 9.77. The molecule has 2 aromatic rings. The molecular formula is C18H23ClN4O2. The maximum atomic E-state index is 13.0. The van der Waals surface area contributed by atoms with Crippen molar-refractivity contribution in [3.05, 3.63) is 35.7 Å². The Morgan fingerprint density at radius 1 is 1.24 bits per heavy atom. The number of piperidine rings is 1. The number of nitrogens with one attached hydrogen (secondary N) is 1. The zero-order valence-corrected chi connectivity index (χ0v) is 15.1. The van der Waals surface area contributed by atoms with E-state index in [0.717, 1.165) is 39.0 Å². The molecule has 4 rings (SSSR count). The molecule has 7 heteroatoms. The van der Waals surface area contributed by atoms with E-state index >= 15 is 0 Å². The molecule has 0 aliphatic carbocycles. The normalized spacial score (nSPS) is 19.0. The smallest absolute Gasteiger partial charge is 0.258 e. The van der Waals surface area contributed by atoms with Crippen LogP contribution in [0.25, 0.3) is 11.5 Å². The summed E-state index contributed by atoms with van der Waals surface area (Å²) in [6, 6.07) is 7.48. The van der Waals surface area contributed by atoms with E-state index in [4.69, 9.17) is 4.52 Å². The SMILES string of the molecule is Cc1noc(-c2ccccc2C(=O)N2CCC3(CCNC3)CC2)n1.Cl. The number of rotatable bonds is 2. The van der Waals surface area contributed by atoms with Gasteiger partial charge in [-0.15, -0.1) is 12.4 Å². The molecule has 3 heterocycles. The number of carbonyl (C=O) groups is 1. The Hall–Kier alpha value is -1.92. The van der Waals surface area contributed by atoms with Crippen molar-refractivity contribution in [2.75, 3.05) is 26.2 Å². The van der Waals surface area contributed by atoms with E-state index in [9.17, 15) is 4.79 Å². The molecule has 0 radical (unpaired) electrons. The molecule has 1 N–H and O–H groups in total. The van der Waals surface area contributed by atoms with E-state index in [1.807, 2.05) is 29.2 Å². The van der Waals surface area contributed by atoms with Crippen molar-refractivity contribution in [3.8, 4) is 11.5 Å². The van der Waals surface area contributed by atoms with Crippen molar-refractivity contribution in [3.63, 3.8) is 0 Å². The Labute approximate surface area is 153 Å². The van der Waals surface area contributed by atoms with Crippen LogP contribution in [0.4, 0.5) is 0 Å². The van der Waals surface area contributed by atoms with Crippen LogP contribution in [0.3, 0.4) is 0 Å². The fourth-order valence-electron chi connectivity index (χ4n) is 3.84. The first kappa shape index (κ1) is 17.9. The van der Waals surface area contributed by atoms with Gasteiger partial charge in [-0.3, -0.25) is 4.79 Å². The molecule has 0 saturated carbocycles. The largest absolute Gasteiger partial charge is 0.339 e. The summed E-state index contributed by atoms with van der Waals surface area (Å²) in [5.74, 6) is 1.04. The summed E-state index contributed by atoms with van der Waals surface area (Å²) in [6.45, 7) is 5.60. The molecule has 1 spiro atoms. The first-order valence-corrected chi connectivity index (χ1v) is 8.57. The van der Waals surface area contributed by atoms with Crippen LogP contribution in [0.2, 0.25) is 0 Å². The number of aryl methyl sites for hydroxylation is 1. The number of halogens is 1. The molecule has 0 unspecified atom stereocenters. The van der Waals surface area contributed by atoms with E-state index in [1.165, 1.54) is 6.42 Å². The summed E-state index contributed by atoms with van der Waals surface area (Å²) in [6.07, 6.45) is 3.38. The third-order valence-electron chi connectivity index (χ3n) is 5.36. The second kappa shape index (κ2) is 7.14. The highest BCUT2D eigenvalue weighted by Gasteiger charge is 2.38. The maximum Gasteiger partial charge on any atom is 0.258 e. The minimum absolute atomic E-state index is 0. The van der Waals surface area contributed by atoms with E-state index in [1.54, 1.807) is 6.92 Å². The van der Waals surface area contributed by atoms with E-state index in [0.29, 0.717) is 28.3 Å². The fourth-order valence-corrected chi connectivity index (χ4v) is 3.84. The molecule has 2 aliphatic rings. The van der Waals surface area contributed by atoms with Gasteiger partial charge >= 0.3 is 0 Å². The van der Waals surface area contributed by atoms with Gasteiger partial charge in [0.2, 0.25) is 0 Å². The van der Waals surface area contributed by atoms with Crippen molar-refractivity contribution in [2.24, 2.45) is 5.41 Å². The zero-order chi connectivity index (χ0) is 16.6. The van der Waals surface area contributed by atoms with Gasteiger partial charge in [-0.05, 0) is 50.3 Å². The fraction of sp³-hybridized carbons (Fsp3) is 0.500. The summed E-state index contributed by atoms with van der Waals surface area (Å²) in [7, 11) is 0. The number of likely N-dealkylation sites (tertiary alicyclic amines) is 1. The van der Waals surface area contributed by atoms with Crippen molar-refractivity contribution < 1.29 is 9.32 Å². The Bertz CT molecular complexity index is 745. The van der Waals surface area contributed by atoms with E-state index in [2.05, 4.69) is 15.5 Å². The number of aromatic nitrogens is 2. The lowest BCUT2D eigenvalue weighted by Crippen LogP contribution is -2.44. The quantitative estimate of drug-likeness (QED) is 0.889. The number of carbonyl (C=O) groups excluding carboxylic acids is 1. The van der Waals surface area contributed by atoms with Gasteiger partial charge in [-0.2, -0.15) is 4.98 Å². The van der Waals surface area contributed by atoms with Gasteiger partial charge in [0, 0.05) is 19.6 Å². The number of nitrogens with zero attached hydrogens (tertiary/aromatic N) is 3. The molecular weight excluding hydrogens is 340 g/mol. The Morgan fingerprint density at radius 2 is 2.00 bits per heavy atom. The minimum atomic E-state index is 0. The van der Waals surface area contributed by atoms with E-state index in [-0.39, 0.29) is 18.3 Å². The predicted molar refractivity (Wildman–Crippen MR) is 96.8 cm³/mol. The van der Waals surface area contributed by atoms with Crippen molar-refractivity contribution in [1.82, 2.24) is 20.4 Å². The van der Waals surface area contributed by atoms with Gasteiger partial charge in [0.15, 0.2) is 5.82 Å². The molecule has 2 fully saturated rings. The standard InChI is InChI=1S/C18H22N4O2.ClH/c1-13-20-16(24-21-13)14-4-2-3-5-15(14)17(23)22-10-7-18(8-11-22)6-9-19-12-18;/h2-5,19H,6-12H2,1H3;1H. The van der Waals surface area contributed by atoms with Crippen molar-refractivity contribution in [1.29, 1.82) is 0 Å². The predicted octanol–water partition coefficient (Wildman–Crippen LogP) is 2.68. The highest BCUT2D eigenvalue weighted by Crippen LogP contribution is 2.37. The summed E-state index contributed by atoms with van der Waals surface area (Å²) in [5, 5.41) is 7.30. The summed E-state index contributed by atoms with van der Waals surface area (Å²) < 4.78 is 5.26. The van der Waals surface area contributed by atoms with Gasteiger partial charge in [-0.1, -0.05) is 17.3 Å². The van der Waals surface area contributed by atoms with Crippen LogP contribution in [0.1, 0.15) is 35.4 Å². The van der Waals surface area contributed by atoms with Crippen molar-refractivity contribution in [2.45, 2.75) is 26.2 Å². The number of amides is 1. The molecule has 1 amide bonds. The third kappa shape index (κ3) is 3.41. The summed E-state index contributed by atoms with van der Waals surface area (Å²) >= 11 is 0. The number of hydrogen-bond acceptors (Lipinski definition) is 5. The van der Waals surface area contributed by atoms with Gasteiger partial charge in [0.05, 0.1) is 11.1 Å². The highest BCUT2D eigenvalue weighted by molar-refractivity contribution is 6.00. The van der Waals surface area contributed by atoms with Crippen LogP contribution < -0.4 is 5.32 Å². The third-order valence-corrected chi connectivity index (χ3v) is 5.36. The van der Waals surface area contributed by atoms with E-state index < -0.39 is 0 Å². The minimum Gasteiger partial charge on any atom is -0.339 e. The van der Waals surface area contributed by atoms with Crippen LogP contribution in [0.15, 0.2) is 28.8 Å². The van der Waals surface area contributed by atoms with Crippen molar-refractivity contribution >= 4 is 18.3 Å². The van der Waals surface area contributed by atoms with Crippen LogP contribution in [0, 0.1) is 12.3 Å². The first-order valence-electron chi connectivity index (χ1n) is 8.57. The molecule has 1 aromatic heterocycles. The lowest BCUT2D eigenvalue weighted by molar-refractivity contribution is 0.0608. The lowest BCUT2D eigenvalue weighted by Gasteiger charge is -2.39. The molecule has 0 atom stereocenters. The molecule has 1 aromatic carbocycles. The van der Waals surface area contributed by atoms with Gasteiger partial charge in [0.25, 0.3) is 11.8 Å². The molecule has 134 valence electrons. The van der Waals surface area contributed by atoms with Gasteiger partial charge < -0.3 is 14.7 Å². The maximum absolute atomic E-state index is 13.0. The first-order chi connectivity index (χ1) is 11.7. The Morgan fingerprint density at radius 3 is 2.64 bits per heavy atom. The summed E-state index contributed by atoms with van der Waals surface area (Å²) in [5.41, 5.74) is 1.76. The monoisotopic (exact) mass is 362 g/mol. The van der Waals surface area contributed by atoms with Crippen LogP contribution in [-0.4, -0.2) is 47.1 Å². The average Bonchev–Trinajstić information content (AvgIpc) is 3.25. The number of hydrogen-bond donors (Lipinski definition) is 1. The number of benzene rings is 1. The second-order valence-electron chi connectivity index (χ2n) is 6.91. The van der Waals surface area contributed by atoms with Crippen LogP contribution in [-0.2, 0) is 0 Å². The molecule has 2 aliphatic heterocycles. The highest BCUT2D eigenvalue weighted by atomic mass is 35.5. The summed E-state index contributed by atoms with van der Waals surface area (Å²) in [4.78, 5) is 19.3. The van der Waals surface area contributed by atoms with Crippen LogP contribution >= 0.6 is 12.4 Å².